The van der Waals surface area contributed by atoms with Gasteiger partial charge in [-0.2, -0.15) is 4.98 Å². The molecule has 0 spiro atoms. The van der Waals surface area contributed by atoms with E-state index in [-0.39, 0.29) is 6.04 Å². The highest BCUT2D eigenvalue weighted by Crippen LogP contribution is 2.21. The van der Waals surface area contributed by atoms with Crippen molar-refractivity contribution in [1.29, 1.82) is 0 Å². The molecule has 1 rings (SSSR count). The maximum atomic E-state index is 5.80. The molecule has 0 aliphatic rings. The zero-order chi connectivity index (χ0) is 10.7. The summed E-state index contributed by atoms with van der Waals surface area (Å²) in [5, 5.41) is 0. The van der Waals surface area contributed by atoms with Gasteiger partial charge >= 0.3 is 0 Å². The second-order valence-corrected chi connectivity index (χ2v) is 3.48. The van der Waals surface area contributed by atoms with Crippen LogP contribution in [0.2, 0.25) is 0 Å². The van der Waals surface area contributed by atoms with Crippen molar-refractivity contribution in [3.05, 3.63) is 17.7 Å². The Morgan fingerprint density at radius 1 is 1.43 bits per heavy atom. The molecule has 0 aliphatic carbocycles. The molecule has 0 saturated heterocycles. The summed E-state index contributed by atoms with van der Waals surface area (Å²) in [6.45, 7) is 1.94. The van der Waals surface area contributed by atoms with Crippen LogP contribution in [-0.2, 0) is 0 Å². The minimum atomic E-state index is -0.00870. The number of hydrogen-bond acceptors (Lipinski definition) is 4. The Morgan fingerprint density at radius 3 is 2.50 bits per heavy atom. The van der Waals surface area contributed by atoms with Gasteiger partial charge in [0.1, 0.15) is 5.82 Å². The third-order valence-electron chi connectivity index (χ3n) is 2.00. The van der Waals surface area contributed by atoms with Crippen LogP contribution in [0.4, 0.5) is 5.82 Å². The van der Waals surface area contributed by atoms with Crippen molar-refractivity contribution >= 4 is 5.82 Å². The second kappa shape index (κ2) is 4.28. The minimum absolute atomic E-state index is 0.00870. The molecule has 1 atom stereocenters. The maximum absolute atomic E-state index is 5.80. The Balaban J connectivity index is 3.13. The lowest BCUT2D eigenvalue weighted by molar-refractivity contribution is 0.397. The van der Waals surface area contributed by atoms with E-state index in [0.29, 0.717) is 5.88 Å². The lowest BCUT2D eigenvalue weighted by atomic mass is 10.1. The number of pyridine rings is 1. The molecule has 0 bridgehead atoms. The van der Waals surface area contributed by atoms with Gasteiger partial charge in [0, 0.05) is 26.2 Å². The highest BCUT2D eigenvalue weighted by atomic mass is 16.5. The van der Waals surface area contributed by atoms with Crippen LogP contribution >= 0.6 is 0 Å². The fourth-order valence-electron chi connectivity index (χ4n) is 1.11. The van der Waals surface area contributed by atoms with E-state index in [2.05, 4.69) is 4.98 Å². The molecule has 0 saturated carbocycles. The van der Waals surface area contributed by atoms with Crippen molar-refractivity contribution < 1.29 is 4.74 Å². The van der Waals surface area contributed by atoms with Crippen LogP contribution in [0.5, 0.6) is 5.88 Å². The van der Waals surface area contributed by atoms with Crippen molar-refractivity contribution in [3.63, 3.8) is 0 Å². The van der Waals surface area contributed by atoms with Crippen molar-refractivity contribution in [2.45, 2.75) is 13.0 Å². The van der Waals surface area contributed by atoms with Gasteiger partial charge in [0.25, 0.3) is 0 Å². The molecule has 78 valence electrons. The molecular formula is C10H17N3O. The Kier molecular flexibility index (Phi) is 3.30. The van der Waals surface area contributed by atoms with Gasteiger partial charge in [-0.3, -0.25) is 0 Å². The molecule has 4 heteroatoms. The van der Waals surface area contributed by atoms with Crippen LogP contribution in [0.3, 0.4) is 0 Å². The third-order valence-corrected chi connectivity index (χ3v) is 2.00. The Hall–Kier alpha value is -1.29. The first-order chi connectivity index (χ1) is 6.54. The van der Waals surface area contributed by atoms with E-state index in [0.717, 1.165) is 11.4 Å². The predicted octanol–water partition coefficient (Wildman–Crippen LogP) is 1.18. The van der Waals surface area contributed by atoms with Crippen LogP contribution in [0, 0.1) is 0 Å². The highest BCUT2D eigenvalue weighted by Gasteiger charge is 2.07. The molecule has 0 aromatic carbocycles. The van der Waals surface area contributed by atoms with Crippen LogP contribution < -0.4 is 15.4 Å². The first kappa shape index (κ1) is 10.8. The summed E-state index contributed by atoms with van der Waals surface area (Å²) < 4.78 is 5.10. The average Bonchev–Trinajstić information content (AvgIpc) is 2.16. The van der Waals surface area contributed by atoms with Gasteiger partial charge < -0.3 is 15.4 Å². The first-order valence-electron chi connectivity index (χ1n) is 4.53. The van der Waals surface area contributed by atoms with E-state index in [1.807, 2.05) is 38.1 Å². The standard InChI is InChI=1S/C10H17N3O/c1-7(11)8-5-9(13(2)3)12-10(6-8)14-4/h5-7H,11H2,1-4H3. The lowest BCUT2D eigenvalue weighted by Crippen LogP contribution is -2.13. The number of nitrogens with zero attached hydrogens (tertiary/aromatic N) is 2. The predicted molar refractivity (Wildman–Crippen MR) is 57.7 cm³/mol. The fourth-order valence-corrected chi connectivity index (χ4v) is 1.11. The quantitative estimate of drug-likeness (QED) is 0.786. The number of aromatic nitrogens is 1. The zero-order valence-corrected chi connectivity index (χ0v) is 9.11. The summed E-state index contributed by atoms with van der Waals surface area (Å²) in [7, 11) is 5.48. The SMILES string of the molecule is COc1cc(C(C)N)cc(N(C)C)n1. The van der Waals surface area contributed by atoms with Crippen LogP contribution in [-0.4, -0.2) is 26.2 Å². The van der Waals surface area contributed by atoms with E-state index in [1.54, 1.807) is 7.11 Å². The lowest BCUT2D eigenvalue weighted by Gasteiger charge is -2.15. The topological polar surface area (TPSA) is 51.4 Å². The van der Waals surface area contributed by atoms with Crippen LogP contribution in [0.1, 0.15) is 18.5 Å². The zero-order valence-electron chi connectivity index (χ0n) is 9.11. The summed E-state index contributed by atoms with van der Waals surface area (Å²) in [5.74, 6) is 1.46. The summed E-state index contributed by atoms with van der Waals surface area (Å²) in [4.78, 5) is 6.21. The van der Waals surface area contributed by atoms with Gasteiger partial charge in [-0.15, -0.1) is 0 Å². The van der Waals surface area contributed by atoms with Gasteiger partial charge in [0.2, 0.25) is 5.88 Å². The van der Waals surface area contributed by atoms with Gasteiger partial charge in [-0.1, -0.05) is 0 Å². The smallest absolute Gasteiger partial charge is 0.215 e. The number of ether oxygens (including phenoxy) is 1. The molecule has 1 aromatic heterocycles. The molecule has 0 amide bonds. The second-order valence-electron chi connectivity index (χ2n) is 3.48. The summed E-state index contributed by atoms with van der Waals surface area (Å²) in [6, 6.07) is 3.82. The largest absolute Gasteiger partial charge is 0.481 e. The Bertz CT molecular complexity index is 284. The summed E-state index contributed by atoms with van der Waals surface area (Å²) in [5.41, 5.74) is 6.83. The summed E-state index contributed by atoms with van der Waals surface area (Å²) in [6.07, 6.45) is 0. The molecule has 0 aliphatic heterocycles. The van der Waals surface area contributed by atoms with Gasteiger partial charge in [0.15, 0.2) is 0 Å². The fraction of sp³-hybridized carbons (Fsp3) is 0.500. The normalized spacial score (nSPS) is 12.4. The number of nitrogens with two attached hydrogens (primary N) is 1. The van der Waals surface area contributed by atoms with Crippen molar-refractivity contribution in [2.75, 3.05) is 26.1 Å². The van der Waals surface area contributed by atoms with Crippen molar-refractivity contribution in [1.82, 2.24) is 4.98 Å². The first-order valence-corrected chi connectivity index (χ1v) is 4.53. The van der Waals surface area contributed by atoms with Crippen molar-refractivity contribution in [3.8, 4) is 5.88 Å². The third kappa shape index (κ3) is 2.35. The minimum Gasteiger partial charge on any atom is -0.481 e. The molecule has 2 N–H and O–H groups in total. The monoisotopic (exact) mass is 195 g/mol. The van der Waals surface area contributed by atoms with Gasteiger partial charge in [-0.25, -0.2) is 0 Å². The maximum Gasteiger partial charge on any atom is 0.215 e. The number of anilines is 1. The molecule has 0 radical (unpaired) electrons. The number of rotatable bonds is 3. The molecule has 0 fully saturated rings. The Morgan fingerprint density at radius 2 is 2.07 bits per heavy atom. The summed E-state index contributed by atoms with van der Waals surface area (Å²) >= 11 is 0. The van der Waals surface area contributed by atoms with E-state index in [1.165, 1.54) is 0 Å². The number of hydrogen-bond donors (Lipinski definition) is 1. The van der Waals surface area contributed by atoms with Crippen molar-refractivity contribution in [2.24, 2.45) is 5.73 Å². The molecule has 14 heavy (non-hydrogen) atoms. The van der Waals surface area contributed by atoms with Crippen LogP contribution in [0.15, 0.2) is 12.1 Å². The molecule has 1 aromatic rings. The van der Waals surface area contributed by atoms with E-state index in [4.69, 9.17) is 10.5 Å². The van der Waals surface area contributed by atoms with Gasteiger partial charge in [0.05, 0.1) is 7.11 Å². The molecular weight excluding hydrogens is 178 g/mol. The molecule has 1 unspecified atom stereocenters. The molecule has 4 nitrogen and oxygen atoms in total. The Labute approximate surface area is 84.7 Å². The molecule has 1 heterocycles. The van der Waals surface area contributed by atoms with E-state index in [9.17, 15) is 0 Å². The highest BCUT2D eigenvalue weighted by molar-refractivity contribution is 5.43. The van der Waals surface area contributed by atoms with Crippen LogP contribution in [0.25, 0.3) is 0 Å². The van der Waals surface area contributed by atoms with E-state index < -0.39 is 0 Å². The van der Waals surface area contributed by atoms with E-state index >= 15 is 0 Å². The average molecular weight is 195 g/mol. The van der Waals surface area contributed by atoms with Gasteiger partial charge in [-0.05, 0) is 18.6 Å². The number of methoxy groups -OCH3 is 1.